The predicted molar refractivity (Wildman–Crippen MR) is 90.2 cm³/mol. The number of nitrogens with zero attached hydrogens (tertiary/aromatic N) is 2. The normalized spacial score (nSPS) is 11.0. The topological polar surface area (TPSA) is 27.1 Å². The first kappa shape index (κ1) is 17.6. The summed E-state index contributed by atoms with van der Waals surface area (Å²) in [6.45, 7) is 1.55. The molecule has 0 aliphatic heterocycles. The zero-order valence-electron chi connectivity index (χ0n) is 13.1. The van der Waals surface area contributed by atoms with Crippen LogP contribution in [0, 0.1) is 24.4 Å². The fraction of sp³-hybridized carbons (Fsp3) is 0.118. The monoisotopic (exact) mass is 386 g/mol. The molecule has 2 aromatic carbocycles. The van der Waals surface area contributed by atoms with Crippen molar-refractivity contribution in [1.29, 1.82) is 0 Å². The predicted octanol–water partition coefficient (Wildman–Crippen LogP) is 5.58. The van der Waals surface area contributed by atoms with Gasteiger partial charge in [0.2, 0.25) is 5.28 Å². The third kappa shape index (κ3) is 3.07. The largest absolute Gasteiger partial charge is 0.497 e. The van der Waals surface area contributed by atoms with Crippen LogP contribution in [0.1, 0.15) is 5.69 Å². The van der Waals surface area contributed by atoms with Crippen LogP contribution >= 0.6 is 23.2 Å². The maximum Gasteiger partial charge on any atom is 0.208 e. The van der Waals surface area contributed by atoms with Crippen molar-refractivity contribution in [3.63, 3.8) is 0 Å². The minimum Gasteiger partial charge on any atom is -0.497 e. The molecule has 0 saturated heterocycles. The number of ether oxygens (including phenoxy) is 1. The fourth-order valence-electron chi connectivity index (χ4n) is 2.54. The van der Waals surface area contributed by atoms with Gasteiger partial charge in [0.05, 0.1) is 34.8 Å². The maximum atomic E-state index is 14.5. The molecule has 1 heterocycles. The van der Waals surface area contributed by atoms with E-state index in [1.165, 1.54) is 23.8 Å². The SMILES string of the molecule is COc1cc(F)c(-c2c(C)nc(Cl)n2-c2ccc(Cl)c(F)c2)c(F)c1. The van der Waals surface area contributed by atoms with E-state index in [0.29, 0.717) is 0 Å². The highest BCUT2D eigenvalue weighted by Gasteiger charge is 2.24. The smallest absolute Gasteiger partial charge is 0.208 e. The Kier molecular flexibility index (Phi) is 4.67. The van der Waals surface area contributed by atoms with Gasteiger partial charge in [-0.3, -0.25) is 4.57 Å². The van der Waals surface area contributed by atoms with E-state index in [9.17, 15) is 13.2 Å². The number of aryl methyl sites for hydroxylation is 1. The third-order valence-corrected chi connectivity index (χ3v) is 4.22. The highest BCUT2D eigenvalue weighted by atomic mass is 35.5. The summed E-state index contributed by atoms with van der Waals surface area (Å²) < 4.78 is 49.0. The molecule has 0 atom stereocenters. The molecule has 0 unspecified atom stereocenters. The van der Waals surface area contributed by atoms with E-state index in [2.05, 4.69) is 4.98 Å². The van der Waals surface area contributed by atoms with Crippen molar-refractivity contribution < 1.29 is 17.9 Å². The molecular weight excluding hydrogens is 376 g/mol. The van der Waals surface area contributed by atoms with E-state index < -0.39 is 17.5 Å². The van der Waals surface area contributed by atoms with Crippen molar-refractivity contribution in [2.75, 3.05) is 7.11 Å². The molecule has 3 rings (SSSR count). The van der Waals surface area contributed by atoms with Gasteiger partial charge in [-0.1, -0.05) is 11.6 Å². The molecule has 0 spiro atoms. The van der Waals surface area contributed by atoms with Gasteiger partial charge in [-0.15, -0.1) is 0 Å². The summed E-state index contributed by atoms with van der Waals surface area (Å²) in [5.41, 5.74) is 0.248. The summed E-state index contributed by atoms with van der Waals surface area (Å²) in [5.74, 6) is -2.37. The first-order valence-corrected chi connectivity index (χ1v) is 7.82. The molecule has 0 aliphatic rings. The Labute approximate surface area is 151 Å². The lowest BCUT2D eigenvalue weighted by molar-refractivity contribution is 0.407. The number of benzene rings is 2. The first-order valence-electron chi connectivity index (χ1n) is 7.07. The molecule has 25 heavy (non-hydrogen) atoms. The van der Waals surface area contributed by atoms with Gasteiger partial charge in [0.25, 0.3) is 0 Å². The summed E-state index contributed by atoms with van der Waals surface area (Å²) in [6.07, 6.45) is 0. The van der Waals surface area contributed by atoms with Crippen LogP contribution in [0.2, 0.25) is 10.3 Å². The second-order valence-corrected chi connectivity index (χ2v) is 5.96. The van der Waals surface area contributed by atoms with Crippen molar-refractivity contribution in [2.45, 2.75) is 6.92 Å². The standard InChI is InChI=1S/C17H11Cl2F3N2O/c1-8-16(15-13(21)6-10(25-2)7-14(15)22)24(17(19)23-8)9-3-4-11(18)12(20)5-9/h3-7H,1-2H3. The molecule has 3 nitrogen and oxygen atoms in total. The molecule has 1 aromatic heterocycles. The van der Waals surface area contributed by atoms with Crippen LogP contribution in [0.25, 0.3) is 16.9 Å². The first-order chi connectivity index (χ1) is 11.8. The number of methoxy groups -OCH3 is 1. The lowest BCUT2D eigenvalue weighted by atomic mass is 10.1. The molecule has 0 aliphatic carbocycles. The molecule has 0 radical (unpaired) electrons. The highest BCUT2D eigenvalue weighted by Crippen LogP contribution is 2.36. The Balaban J connectivity index is 2.30. The van der Waals surface area contributed by atoms with E-state index in [1.807, 2.05) is 0 Å². The molecule has 3 aromatic rings. The van der Waals surface area contributed by atoms with Gasteiger partial charge < -0.3 is 4.74 Å². The average molecular weight is 387 g/mol. The third-order valence-electron chi connectivity index (χ3n) is 3.66. The van der Waals surface area contributed by atoms with Gasteiger partial charge in [0.1, 0.15) is 23.2 Å². The average Bonchev–Trinajstić information content (AvgIpc) is 2.84. The van der Waals surface area contributed by atoms with Crippen LogP contribution < -0.4 is 4.74 Å². The molecule has 0 amide bonds. The van der Waals surface area contributed by atoms with Gasteiger partial charge >= 0.3 is 0 Å². The molecule has 0 N–H and O–H groups in total. The lowest BCUT2D eigenvalue weighted by Gasteiger charge is -2.13. The van der Waals surface area contributed by atoms with Crippen molar-refractivity contribution in [3.05, 3.63) is 63.8 Å². The fourth-order valence-corrected chi connectivity index (χ4v) is 2.97. The minimum absolute atomic E-state index is 0.0334. The Morgan fingerprint density at radius 3 is 2.20 bits per heavy atom. The van der Waals surface area contributed by atoms with Crippen LogP contribution in [-0.2, 0) is 0 Å². The van der Waals surface area contributed by atoms with E-state index in [1.54, 1.807) is 6.92 Å². The number of rotatable bonds is 3. The summed E-state index contributed by atoms with van der Waals surface area (Å²) in [6, 6.07) is 6.00. The maximum absolute atomic E-state index is 14.5. The van der Waals surface area contributed by atoms with Gasteiger partial charge in [0.15, 0.2) is 0 Å². The number of aromatic nitrogens is 2. The molecule has 0 bridgehead atoms. The molecule has 130 valence electrons. The molecule has 0 saturated carbocycles. The van der Waals surface area contributed by atoms with Crippen LogP contribution in [-0.4, -0.2) is 16.7 Å². The summed E-state index contributed by atoms with van der Waals surface area (Å²) in [7, 11) is 1.30. The van der Waals surface area contributed by atoms with Gasteiger partial charge in [-0.25, -0.2) is 18.2 Å². The molecule has 0 fully saturated rings. The zero-order valence-corrected chi connectivity index (χ0v) is 14.6. The lowest BCUT2D eigenvalue weighted by Crippen LogP contribution is -2.02. The Morgan fingerprint density at radius 2 is 1.64 bits per heavy atom. The van der Waals surface area contributed by atoms with Crippen LogP contribution in [0.4, 0.5) is 13.2 Å². The number of halogens is 5. The number of hydrogen-bond donors (Lipinski definition) is 0. The van der Waals surface area contributed by atoms with Crippen LogP contribution in [0.3, 0.4) is 0 Å². The molecule has 8 heteroatoms. The van der Waals surface area contributed by atoms with Crippen LogP contribution in [0.15, 0.2) is 30.3 Å². The van der Waals surface area contributed by atoms with Crippen molar-refractivity contribution in [1.82, 2.24) is 9.55 Å². The summed E-state index contributed by atoms with van der Waals surface area (Å²) in [5, 5.41) is -0.149. The Hall–Kier alpha value is -2.18. The molecular formula is C17H11Cl2F3N2O. The van der Waals surface area contributed by atoms with Gasteiger partial charge in [-0.05, 0) is 36.7 Å². The van der Waals surface area contributed by atoms with E-state index in [-0.39, 0.29) is 38.7 Å². The zero-order chi connectivity index (χ0) is 18.3. The van der Waals surface area contributed by atoms with E-state index in [4.69, 9.17) is 27.9 Å². The number of hydrogen-bond acceptors (Lipinski definition) is 2. The Bertz CT molecular complexity index is 950. The van der Waals surface area contributed by atoms with Crippen molar-refractivity contribution in [2.24, 2.45) is 0 Å². The van der Waals surface area contributed by atoms with E-state index >= 15 is 0 Å². The highest BCUT2D eigenvalue weighted by molar-refractivity contribution is 6.30. The van der Waals surface area contributed by atoms with Gasteiger partial charge in [0, 0.05) is 12.1 Å². The second kappa shape index (κ2) is 6.61. The summed E-state index contributed by atoms with van der Waals surface area (Å²) >= 11 is 11.8. The number of imidazole rings is 1. The van der Waals surface area contributed by atoms with Crippen molar-refractivity contribution >= 4 is 23.2 Å². The second-order valence-electron chi connectivity index (χ2n) is 5.21. The van der Waals surface area contributed by atoms with Gasteiger partial charge in [-0.2, -0.15) is 0 Å². The van der Waals surface area contributed by atoms with Crippen molar-refractivity contribution in [3.8, 4) is 22.7 Å². The van der Waals surface area contributed by atoms with E-state index in [0.717, 1.165) is 18.2 Å². The van der Waals surface area contributed by atoms with Crippen LogP contribution in [0.5, 0.6) is 5.75 Å². The summed E-state index contributed by atoms with van der Waals surface area (Å²) in [4.78, 5) is 4.05. The Morgan fingerprint density at radius 1 is 1.00 bits per heavy atom. The minimum atomic E-state index is -0.854. The quantitative estimate of drug-likeness (QED) is 0.587.